The molecule has 0 fully saturated rings. The average Bonchev–Trinajstić information content (AvgIpc) is 2.39. The van der Waals surface area contributed by atoms with E-state index in [1.165, 1.54) is 0 Å². The Kier molecular flexibility index (Phi) is 6.95. The summed E-state index contributed by atoms with van der Waals surface area (Å²) in [6.07, 6.45) is 2.08. The number of hydrogen-bond donors (Lipinski definition) is 0. The van der Waals surface area contributed by atoms with Gasteiger partial charge in [0.15, 0.2) is 5.78 Å². The van der Waals surface area contributed by atoms with Crippen molar-refractivity contribution >= 4 is 17.5 Å². The molecule has 1 rings (SSSR count). The summed E-state index contributed by atoms with van der Waals surface area (Å²) in [5.74, 6) is 1.82. The number of ether oxygens (including phenoxy) is 1. The van der Waals surface area contributed by atoms with Gasteiger partial charge in [0.1, 0.15) is 5.75 Å². The molecule has 0 saturated heterocycles. The van der Waals surface area contributed by atoms with E-state index in [-0.39, 0.29) is 5.78 Å². The van der Waals surface area contributed by atoms with Crippen molar-refractivity contribution in [2.24, 2.45) is 0 Å². The molecule has 106 valence electrons. The number of hydrogen-bond acceptors (Lipinski definition) is 4. The molecule has 0 aliphatic rings. The molecule has 1 aromatic rings. The normalized spacial score (nSPS) is 12.5. The number of carbonyl (C=O) groups excluding carboxylic acids is 1. The molecule has 0 bridgehead atoms. The second kappa shape index (κ2) is 8.23. The van der Waals surface area contributed by atoms with Crippen molar-refractivity contribution in [3.05, 3.63) is 29.8 Å². The second-order valence-electron chi connectivity index (χ2n) is 4.57. The van der Waals surface area contributed by atoms with Crippen LogP contribution in [0.4, 0.5) is 0 Å². The van der Waals surface area contributed by atoms with E-state index in [0.717, 1.165) is 5.75 Å². The predicted octanol–water partition coefficient (Wildman–Crippen LogP) is 2.95. The van der Waals surface area contributed by atoms with Gasteiger partial charge < -0.3 is 4.74 Å². The van der Waals surface area contributed by atoms with Gasteiger partial charge in [0.05, 0.1) is 18.7 Å². The molecule has 0 aromatic heterocycles. The quantitative estimate of drug-likeness (QED) is 0.685. The lowest BCUT2D eigenvalue weighted by atomic mass is 10.1. The Balaban J connectivity index is 2.72. The summed E-state index contributed by atoms with van der Waals surface area (Å²) in [6.45, 7) is 5.06. The maximum absolute atomic E-state index is 12.3. The third kappa shape index (κ3) is 4.88. The summed E-state index contributed by atoms with van der Waals surface area (Å²) in [5, 5.41) is 0. The third-order valence-electron chi connectivity index (χ3n) is 3.04. The van der Waals surface area contributed by atoms with Crippen LogP contribution in [0.15, 0.2) is 24.3 Å². The molecule has 1 atom stereocenters. The molecule has 19 heavy (non-hydrogen) atoms. The zero-order valence-corrected chi connectivity index (χ0v) is 13.0. The topological polar surface area (TPSA) is 29.5 Å². The molecule has 0 spiro atoms. The van der Waals surface area contributed by atoms with E-state index >= 15 is 0 Å². The lowest BCUT2D eigenvalue weighted by Gasteiger charge is -2.23. The fourth-order valence-electron chi connectivity index (χ4n) is 1.81. The Morgan fingerprint density at radius 2 is 2.11 bits per heavy atom. The van der Waals surface area contributed by atoms with Crippen molar-refractivity contribution in [2.75, 3.05) is 32.2 Å². The van der Waals surface area contributed by atoms with Gasteiger partial charge in [-0.1, -0.05) is 12.1 Å². The minimum atomic E-state index is 0.111. The Bertz CT molecular complexity index is 409. The van der Waals surface area contributed by atoms with Crippen molar-refractivity contribution in [3.63, 3.8) is 0 Å². The monoisotopic (exact) mass is 281 g/mol. The summed E-state index contributed by atoms with van der Waals surface area (Å²) in [6, 6.07) is 7.84. The molecule has 0 amide bonds. The van der Waals surface area contributed by atoms with Gasteiger partial charge in [0, 0.05) is 11.8 Å². The number of para-hydroxylation sites is 1. The van der Waals surface area contributed by atoms with E-state index in [4.69, 9.17) is 4.74 Å². The number of ketones is 1. The maximum atomic E-state index is 12.3. The minimum Gasteiger partial charge on any atom is -0.493 e. The number of thioether (sulfide) groups is 1. The summed E-state index contributed by atoms with van der Waals surface area (Å²) in [4.78, 5) is 14.4. The highest BCUT2D eigenvalue weighted by atomic mass is 32.2. The van der Waals surface area contributed by atoms with Crippen LogP contribution >= 0.6 is 11.8 Å². The van der Waals surface area contributed by atoms with Crippen LogP contribution in [0.3, 0.4) is 0 Å². The lowest BCUT2D eigenvalue weighted by Crippen LogP contribution is -2.35. The van der Waals surface area contributed by atoms with Gasteiger partial charge in [-0.15, -0.1) is 0 Å². The molecule has 0 saturated carbocycles. The predicted molar refractivity (Wildman–Crippen MR) is 82.4 cm³/mol. The van der Waals surface area contributed by atoms with Crippen molar-refractivity contribution in [1.29, 1.82) is 0 Å². The van der Waals surface area contributed by atoms with E-state index in [1.54, 1.807) is 11.8 Å². The molecule has 3 nitrogen and oxygen atoms in total. The number of carbonyl (C=O) groups is 1. The van der Waals surface area contributed by atoms with Crippen LogP contribution in [-0.4, -0.2) is 48.9 Å². The first kappa shape index (κ1) is 16.1. The van der Waals surface area contributed by atoms with Crippen molar-refractivity contribution < 1.29 is 9.53 Å². The summed E-state index contributed by atoms with van der Waals surface area (Å²) >= 11 is 1.79. The van der Waals surface area contributed by atoms with Crippen molar-refractivity contribution in [1.82, 2.24) is 4.90 Å². The van der Waals surface area contributed by atoms with Gasteiger partial charge in [0.2, 0.25) is 0 Å². The van der Waals surface area contributed by atoms with Crippen LogP contribution in [0.1, 0.15) is 24.2 Å². The third-order valence-corrected chi connectivity index (χ3v) is 3.86. The zero-order chi connectivity index (χ0) is 14.3. The number of Topliss-reactive ketones (excluding diaryl/α,β-unsaturated/α-hetero) is 1. The molecule has 0 N–H and O–H groups in total. The van der Waals surface area contributed by atoms with Crippen LogP contribution in [0.2, 0.25) is 0 Å². The van der Waals surface area contributed by atoms with Gasteiger partial charge in [-0.25, -0.2) is 0 Å². The van der Waals surface area contributed by atoms with Gasteiger partial charge >= 0.3 is 0 Å². The Morgan fingerprint density at radius 1 is 1.42 bits per heavy atom. The van der Waals surface area contributed by atoms with Gasteiger partial charge in [-0.05, 0) is 39.3 Å². The van der Waals surface area contributed by atoms with Crippen LogP contribution in [0.5, 0.6) is 5.75 Å². The Hall–Kier alpha value is -1.00. The maximum Gasteiger partial charge on any atom is 0.180 e. The molecule has 0 aliphatic carbocycles. The van der Waals surface area contributed by atoms with Crippen LogP contribution in [-0.2, 0) is 0 Å². The fourth-order valence-corrected chi connectivity index (χ4v) is 2.55. The molecule has 0 aliphatic heterocycles. The zero-order valence-electron chi connectivity index (χ0n) is 12.2. The first-order valence-corrected chi connectivity index (χ1v) is 7.93. The Labute approximate surface area is 120 Å². The first-order valence-electron chi connectivity index (χ1n) is 6.54. The standard InChI is InChI=1S/C15H23NO2S/c1-5-18-15-9-7-6-8-13(15)14(17)10-16(3)12(2)11-19-4/h6-9,12H,5,10-11H2,1-4H3. The molecule has 1 unspecified atom stereocenters. The largest absolute Gasteiger partial charge is 0.493 e. The molecule has 1 aromatic carbocycles. The van der Waals surface area contributed by atoms with E-state index in [0.29, 0.717) is 30.5 Å². The van der Waals surface area contributed by atoms with E-state index < -0.39 is 0 Å². The Morgan fingerprint density at radius 3 is 2.74 bits per heavy atom. The molecule has 4 heteroatoms. The lowest BCUT2D eigenvalue weighted by molar-refractivity contribution is 0.0927. The SMILES string of the molecule is CCOc1ccccc1C(=O)CN(C)C(C)CSC. The molecule has 0 radical (unpaired) electrons. The summed E-state index contributed by atoms with van der Waals surface area (Å²) < 4.78 is 5.50. The van der Waals surface area contributed by atoms with Gasteiger partial charge in [-0.3, -0.25) is 9.69 Å². The number of benzene rings is 1. The second-order valence-corrected chi connectivity index (χ2v) is 5.48. The van der Waals surface area contributed by atoms with Gasteiger partial charge in [0.25, 0.3) is 0 Å². The average molecular weight is 281 g/mol. The summed E-state index contributed by atoms with van der Waals surface area (Å²) in [5.41, 5.74) is 0.674. The molecule has 0 heterocycles. The minimum absolute atomic E-state index is 0.111. The number of nitrogens with zero attached hydrogens (tertiary/aromatic N) is 1. The van der Waals surface area contributed by atoms with E-state index in [9.17, 15) is 4.79 Å². The number of rotatable bonds is 8. The van der Waals surface area contributed by atoms with Crippen molar-refractivity contribution in [2.45, 2.75) is 19.9 Å². The van der Waals surface area contributed by atoms with Crippen LogP contribution < -0.4 is 4.74 Å². The van der Waals surface area contributed by atoms with E-state index in [2.05, 4.69) is 18.1 Å². The molecular formula is C15H23NO2S. The van der Waals surface area contributed by atoms with Crippen LogP contribution in [0, 0.1) is 0 Å². The number of likely N-dealkylation sites (N-methyl/N-ethyl adjacent to an activating group) is 1. The first-order chi connectivity index (χ1) is 9.10. The smallest absolute Gasteiger partial charge is 0.180 e. The highest BCUT2D eigenvalue weighted by Gasteiger charge is 2.16. The fraction of sp³-hybridized carbons (Fsp3) is 0.533. The van der Waals surface area contributed by atoms with Gasteiger partial charge in [-0.2, -0.15) is 11.8 Å². The van der Waals surface area contributed by atoms with Crippen molar-refractivity contribution in [3.8, 4) is 5.75 Å². The highest BCUT2D eigenvalue weighted by molar-refractivity contribution is 7.98. The molecular weight excluding hydrogens is 258 g/mol. The van der Waals surface area contributed by atoms with Crippen LogP contribution in [0.25, 0.3) is 0 Å². The summed E-state index contributed by atoms with van der Waals surface area (Å²) in [7, 11) is 1.99. The highest BCUT2D eigenvalue weighted by Crippen LogP contribution is 2.19. The van der Waals surface area contributed by atoms with E-state index in [1.807, 2.05) is 38.2 Å².